The van der Waals surface area contributed by atoms with E-state index in [1.165, 1.54) is 24.3 Å². The van der Waals surface area contributed by atoms with Gasteiger partial charge in [0.15, 0.2) is 0 Å². The van der Waals surface area contributed by atoms with Crippen LogP contribution in [0.15, 0.2) is 36.4 Å². The fourth-order valence-corrected chi connectivity index (χ4v) is 1.44. The van der Waals surface area contributed by atoms with Crippen molar-refractivity contribution in [3.63, 3.8) is 0 Å². The Labute approximate surface area is 105 Å². The molecule has 0 bridgehead atoms. The van der Waals surface area contributed by atoms with Gasteiger partial charge in [-0.3, -0.25) is 4.79 Å². The number of phenols is 1. The van der Waals surface area contributed by atoms with Crippen molar-refractivity contribution in [2.75, 3.05) is 0 Å². The van der Waals surface area contributed by atoms with Crippen LogP contribution in [0.2, 0.25) is 0 Å². The summed E-state index contributed by atoms with van der Waals surface area (Å²) in [5.74, 6) is -1.42. The molecule has 1 rings (SSSR count). The van der Waals surface area contributed by atoms with Crippen molar-refractivity contribution in [3.8, 4) is 5.75 Å². The molecule has 0 spiro atoms. The molecule has 0 aromatic heterocycles. The summed E-state index contributed by atoms with van der Waals surface area (Å²) in [6, 6.07) is 5.20. The van der Waals surface area contributed by atoms with E-state index in [-0.39, 0.29) is 12.2 Å². The highest BCUT2D eigenvalue weighted by atomic mass is 16.4. The first-order chi connectivity index (χ1) is 8.52. The second kappa shape index (κ2) is 6.44. The van der Waals surface area contributed by atoms with Crippen LogP contribution >= 0.6 is 0 Å². The average molecular weight is 249 g/mol. The molecular formula is C13H15NO4. The smallest absolute Gasteiger partial charge is 0.326 e. The number of carboxylic acid groups (broad SMARTS) is 1. The molecule has 0 saturated carbocycles. The van der Waals surface area contributed by atoms with Gasteiger partial charge >= 0.3 is 5.97 Å². The molecule has 1 aromatic carbocycles. The molecule has 1 aromatic rings. The van der Waals surface area contributed by atoms with Gasteiger partial charge in [-0.1, -0.05) is 18.2 Å². The van der Waals surface area contributed by atoms with Crippen LogP contribution in [-0.2, 0) is 16.0 Å². The van der Waals surface area contributed by atoms with Crippen LogP contribution in [0, 0.1) is 0 Å². The molecule has 5 nitrogen and oxygen atoms in total. The SMILES string of the molecule is CC=CC(=O)NC(Cc1ccc(O)cc1)C(=O)O. The molecule has 96 valence electrons. The van der Waals surface area contributed by atoms with Crippen LogP contribution in [0.1, 0.15) is 12.5 Å². The van der Waals surface area contributed by atoms with E-state index in [0.29, 0.717) is 0 Å². The third-order valence-electron chi connectivity index (χ3n) is 2.31. The largest absolute Gasteiger partial charge is 0.508 e. The summed E-state index contributed by atoms with van der Waals surface area (Å²) in [6.45, 7) is 1.68. The van der Waals surface area contributed by atoms with Gasteiger partial charge in [-0.05, 0) is 30.7 Å². The summed E-state index contributed by atoms with van der Waals surface area (Å²) in [4.78, 5) is 22.3. The Morgan fingerprint density at radius 3 is 2.44 bits per heavy atom. The normalized spacial score (nSPS) is 12.3. The number of amides is 1. The van der Waals surface area contributed by atoms with Crippen molar-refractivity contribution >= 4 is 11.9 Å². The molecule has 0 fully saturated rings. The van der Waals surface area contributed by atoms with Crippen LogP contribution < -0.4 is 5.32 Å². The van der Waals surface area contributed by atoms with Crippen LogP contribution in [0.4, 0.5) is 0 Å². The van der Waals surface area contributed by atoms with Gasteiger partial charge in [-0.15, -0.1) is 0 Å². The van der Waals surface area contributed by atoms with Gasteiger partial charge in [-0.25, -0.2) is 4.79 Å². The lowest BCUT2D eigenvalue weighted by Crippen LogP contribution is -2.41. The van der Waals surface area contributed by atoms with Crippen molar-refractivity contribution in [1.29, 1.82) is 0 Å². The van der Waals surface area contributed by atoms with Crippen LogP contribution in [0.25, 0.3) is 0 Å². The second-order valence-corrected chi connectivity index (χ2v) is 3.77. The zero-order valence-electron chi connectivity index (χ0n) is 9.96. The van der Waals surface area contributed by atoms with E-state index in [0.717, 1.165) is 5.56 Å². The first kappa shape index (κ1) is 13.8. The Morgan fingerprint density at radius 1 is 1.33 bits per heavy atom. The Hall–Kier alpha value is -2.30. The molecule has 0 saturated heterocycles. The summed E-state index contributed by atoms with van der Waals surface area (Å²) in [5, 5.41) is 20.5. The lowest BCUT2D eigenvalue weighted by atomic mass is 10.1. The fraction of sp³-hybridized carbons (Fsp3) is 0.231. The fourth-order valence-electron chi connectivity index (χ4n) is 1.44. The molecule has 0 radical (unpaired) electrons. The second-order valence-electron chi connectivity index (χ2n) is 3.77. The monoisotopic (exact) mass is 249 g/mol. The number of carbonyl (C=O) groups is 2. The van der Waals surface area contributed by atoms with Crippen molar-refractivity contribution in [2.24, 2.45) is 0 Å². The number of benzene rings is 1. The lowest BCUT2D eigenvalue weighted by Gasteiger charge is -2.13. The predicted octanol–water partition coefficient (Wildman–Crippen LogP) is 1.08. The first-order valence-electron chi connectivity index (χ1n) is 5.47. The Morgan fingerprint density at radius 2 is 1.94 bits per heavy atom. The van der Waals surface area contributed by atoms with Gasteiger partial charge in [0.05, 0.1) is 0 Å². The van der Waals surface area contributed by atoms with E-state index in [1.54, 1.807) is 19.1 Å². The highest BCUT2D eigenvalue weighted by molar-refractivity contribution is 5.91. The maximum Gasteiger partial charge on any atom is 0.326 e. The maximum absolute atomic E-state index is 11.3. The van der Waals surface area contributed by atoms with Gasteiger partial charge in [0.25, 0.3) is 0 Å². The third-order valence-corrected chi connectivity index (χ3v) is 2.31. The first-order valence-corrected chi connectivity index (χ1v) is 5.47. The number of hydrogen-bond acceptors (Lipinski definition) is 3. The minimum atomic E-state index is -1.10. The molecule has 18 heavy (non-hydrogen) atoms. The quantitative estimate of drug-likeness (QED) is 0.681. The third kappa shape index (κ3) is 4.29. The van der Waals surface area contributed by atoms with Crippen molar-refractivity contribution in [1.82, 2.24) is 5.32 Å². The summed E-state index contributed by atoms with van der Waals surface area (Å²) < 4.78 is 0. The highest BCUT2D eigenvalue weighted by Gasteiger charge is 2.19. The van der Waals surface area contributed by atoms with Gasteiger partial charge in [-0.2, -0.15) is 0 Å². The molecule has 1 atom stereocenters. The minimum absolute atomic E-state index is 0.114. The molecule has 0 aliphatic rings. The molecule has 1 amide bonds. The van der Waals surface area contributed by atoms with Gasteiger partial charge in [0.2, 0.25) is 5.91 Å². The number of carboxylic acids is 1. The van der Waals surface area contributed by atoms with E-state index < -0.39 is 17.9 Å². The zero-order chi connectivity index (χ0) is 13.5. The number of rotatable bonds is 5. The lowest BCUT2D eigenvalue weighted by molar-refractivity contribution is -0.141. The topological polar surface area (TPSA) is 86.6 Å². The molecular weight excluding hydrogens is 234 g/mol. The standard InChI is InChI=1S/C13H15NO4/c1-2-3-12(16)14-11(13(17)18)8-9-4-6-10(15)7-5-9/h2-7,11,15H,8H2,1H3,(H,14,16)(H,17,18). The maximum atomic E-state index is 11.3. The zero-order valence-corrected chi connectivity index (χ0v) is 9.96. The summed E-state index contributed by atoms with van der Waals surface area (Å²) >= 11 is 0. The number of carbonyl (C=O) groups excluding carboxylic acids is 1. The molecule has 0 aliphatic heterocycles. The molecule has 3 N–H and O–H groups in total. The van der Waals surface area contributed by atoms with Crippen molar-refractivity contribution < 1.29 is 19.8 Å². The molecule has 0 heterocycles. The molecule has 1 unspecified atom stereocenters. The van der Waals surface area contributed by atoms with Crippen LogP contribution in [0.5, 0.6) is 5.75 Å². The van der Waals surface area contributed by atoms with Crippen molar-refractivity contribution in [3.05, 3.63) is 42.0 Å². The molecule has 0 aliphatic carbocycles. The van der Waals surface area contributed by atoms with Crippen molar-refractivity contribution in [2.45, 2.75) is 19.4 Å². The number of hydrogen-bond donors (Lipinski definition) is 3. The van der Waals surface area contributed by atoms with Gasteiger partial charge in [0.1, 0.15) is 11.8 Å². The van der Waals surface area contributed by atoms with Crippen LogP contribution in [-0.4, -0.2) is 28.1 Å². The Kier molecular flexibility index (Phi) is 4.92. The number of aromatic hydroxyl groups is 1. The Bertz CT molecular complexity index is 451. The number of allylic oxidation sites excluding steroid dienone is 1. The van der Waals surface area contributed by atoms with E-state index in [1.807, 2.05) is 0 Å². The predicted molar refractivity (Wildman–Crippen MR) is 66.2 cm³/mol. The summed E-state index contributed by atoms with van der Waals surface area (Å²) in [5.41, 5.74) is 0.723. The van der Waals surface area contributed by atoms with E-state index >= 15 is 0 Å². The summed E-state index contributed by atoms with van der Waals surface area (Å²) in [6.07, 6.45) is 2.97. The Balaban J connectivity index is 2.71. The van der Waals surface area contributed by atoms with E-state index in [4.69, 9.17) is 10.2 Å². The van der Waals surface area contributed by atoms with Crippen LogP contribution in [0.3, 0.4) is 0 Å². The number of aliphatic carboxylic acids is 1. The number of nitrogens with one attached hydrogen (secondary N) is 1. The van der Waals surface area contributed by atoms with Gasteiger partial charge < -0.3 is 15.5 Å². The van der Waals surface area contributed by atoms with E-state index in [9.17, 15) is 9.59 Å². The van der Waals surface area contributed by atoms with E-state index in [2.05, 4.69) is 5.32 Å². The minimum Gasteiger partial charge on any atom is -0.508 e. The highest BCUT2D eigenvalue weighted by Crippen LogP contribution is 2.11. The van der Waals surface area contributed by atoms with Gasteiger partial charge in [0, 0.05) is 6.42 Å². The average Bonchev–Trinajstić information content (AvgIpc) is 2.31. The number of phenolic OH excluding ortho intramolecular Hbond substituents is 1. The summed E-state index contributed by atoms with van der Waals surface area (Å²) in [7, 11) is 0. The molecule has 5 heteroatoms.